The first-order chi connectivity index (χ1) is 14.3. The monoisotopic (exact) mass is 423 g/mol. The standard InChI is InChI=1S/C23H25N3O3S/c1-14-10-15(2)21(16(3)11-14)25-20(27)12-26(4)23(28)19-13-30-22(24-19)17-6-8-18(29-5)9-7-17/h6-11,13H,12H2,1-5H3,(H,25,27). The topological polar surface area (TPSA) is 71.5 Å². The molecule has 0 fully saturated rings. The number of anilines is 1. The molecule has 0 bridgehead atoms. The number of amides is 2. The van der Waals surface area contributed by atoms with Crippen LogP contribution in [0.1, 0.15) is 27.2 Å². The first-order valence-electron chi connectivity index (χ1n) is 9.51. The van der Waals surface area contributed by atoms with Gasteiger partial charge in [-0.2, -0.15) is 0 Å². The van der Waals surface area contributed by atoms with E-state index in [9.17, 15) is 9.59 Å². The van der Waals surface area contributed by atoms with Gasteiger partial charge in [0.2, 0.25) is 5.91 Å². The molecule has 0 spiro atoms. The number of aryl methyl sites for hydroxylation is 3. The van der Waals surface area contributed by atoms with Gasteiger partial charge in [-0.25, -0.2) is 4.98 Å². The lowest BCUT2D eigenvalue weighted by Gasteiger charge is -2.17. The molecule has 2 aromatic carbocycles. The second-order valence-electron chi connectivity index (χ2n) is 7.25. The smallest absolute Gasteiger partial charge is 0.273 e. The molecule has 0 radical (unpaired) electrons. The fourth-order valence-electron chi connectivity index (χ4n) is 3.28. The fraction of sp³-hybridized carbons (Fsp3) is 0.261. The molecule has 0 aliphatic carbocycles. The van der Waals surface area contributed by atoms with Crippen molar-refractivity contribution < 1.29 is 14.3 Å². The predicted molar refractivity (Wildman–Crippen MR) is 120 cm³/mol. The highest BCUT2D eigenvalue weighted by atomic mass is 32.1. The summed E-state index contributed by atoms with van der Waals surface area (Å²) in [7, 11) is 3.21. The van der Waals surface area contributed by atoms with Gasteiger partial charge in [0, 0.05) is 23.7 Å². The largest absolute Gasteiger partial charge is 0.497 e. The van der Waals surface area contributed by atoms with Crippen molar-refractivity contribution in [2.75, 3.05) is 26.0 Å². The van der Waals surface area contributed by atoms with E-state index < -0.39 is 0 Å². The number of carbonyl (C=O) groups is 2. The van der Waals surface area contributed by atoms with Gasteiger partial charge in [-0.3, -0.25) is 9.59 Å². The Bertz CT molecular complexity index is 1050. The number of ether oxygens (including phenoxy) is 1. The third-order valence-corrected chi connectivity index (χ3v) is 5.62. The Kier molecular flexibility index (Phi) is 6.52. The maximum absolute atomic E-state index is 12.7. The Balaban J connectivity index is 1.66. The summed E-state index contributed by atoms with van der Waals surface area (Å²) >= 11 is 1.39. The van der Waals surface area contributed by atoms with E-state index in [1.54, 1.807) is 19.5 Å². The van der Waals surface area contributed by atoms with Crippen molar-refractivity contribution in [2.45, 2.75) is 20.8 Å². The fourth-order valence-corrected chi connectivity index (χ4v) is 4.08. The van der Waals surface area contributed by atoms with E-state index in [1.807, 2.05) is 57.2 Å². The first kappa shape index (κ1) is 21.5. The lowest BCUT2D eigenvalue weighted by atomic mass is 10.1. The van der Waals surface area contributed by atoms with Gasteiger partial charge in [0.1, 0.15) is 16.5 Å². The summed E-state index contributed by atoms with van der Waals surface area (Å²) in [5.41, 5.74) is 5.17. The van der Waals surface area contributed by atoms with Crippen molar-refractivity contribution in [2.24, 2.45) is 0 Å². The quantitative estimate of drug-likeness (QED) is 0.636. The molecule has 0 atom stereocenters. The minimum atomic E-state index is -0.293. The molecule has 156 valence electrons. The van der Waals surface area contributed by atoms with Crippen molar-refractivity contribution in [3.8, 4) is 16.3 Å². The van der Waals surface area contributed by atoms with Gasteiger partial charge >= 0.3 is 0 Å². The number of aromatic nitrogens is 1. The predicted octanol–water partition coefficient (Wildman–Crippen LogP) is 4.45. The maximum atomic E-state index is 12.7. The highest BCUT2D eigenvalue weighted by molar-refractivity contribution is 7.13. The second-order valence-corrected chi connectivity index (χ2v) is 8.11. The van der Waals surface area contributed by atoms with E-state index in [1.165, 1.54) is 16.2 Å². The number of benzene rings is 2. The lowest BCUT2D eigenvalue weighted by molar-refractivity contribution is -0.116. The molecule has 0 unspecified atom stereocenters. The van der Waals surface area contributed by atoms with Crippen LogP contribution in [0.15, 0.2) is 41.8 Å². The average Bonchev–Trinajstić information content (AvgIpc) is 3.20. The summed E-state index contributed by atoms with van der Waals surface area (Å²) in [5, 5.41) is 5.38. The van der Waals surface area contributed by atoms with Crippen LogP contribution in [0.2, 0.25) is 0 Å². The summed E-state index contributed by atoms with van der Waals surface area (Å²) in [4.78, 5) is 31.0. The van der Waals surface area contributed by atoms with Crippen LogP contribution < -0.4 is 10.1 Å². The van der Waals surface area contributed by atoms with Crippen molar-refractivity contribution in [3.63, 3.8) is 0 Å². The molecule has 7 heteroatoms. The van der Waals surface area contributed by atoms with Crippen molar-refractivity contribution >= 4 is 28.8 Å². The minimum Gasteiger partial charge on any atom is -0.497 e. The van der Waals surface area contributed by atoms with Crippen LogP contribution in [-0.4, -0.2) is 42.4 Å². The Hall–Kier alpha value is -3.19. The Morgan fingerprint density at radius 1 is 1.10 bits per heavy atom. The first-order valence-corrected chi connectivity index (χ1v) is 10.4. The van der Waals surface area contributed by atoms with Crippen LogP contribution in [0.5, 0.6) is 5.75 Å². The van der Waals surface area contributed by atoms with Crippen LogP contribution in [-0.2, 0) is 4.79 Å². The van der Waals surface area contributed by atoms with Gasteiger partial charge in [-0.1, -0.05) is 17.7 Å². The molecule has 2 amide bonds. The molecule has 1 aromatic heterocycles. The molecule has 3 rings (SSSR count). The molecule has 6 nitrogen and oxygen atoms in total. The van der Waals surface area contributed by atoms with Crippen molar-refractivity contribution in [1.82, 2.24) is 9.88 Å². The zero-order valence-corrected chi connectivity index (χ0v) is 18.6. The normalized spacial score (nSPS) is 10.6. The van der Waals surface area contributed by atoms with Crippen LogP contribution in [0.25, 0.3) is 10.6 Å². The Labute approximate surface area is 180 Å². The molecule has 0 aliphatic heterocycles. The number of rotatable bonds is 6. The number of hydrogen-bond acceptors (Lipinski definition) is 5. The SMILES string of the molecule is COc1ccc(-c2nc(C(=O)N(C)CC(=O)Nc3c(C)cc(C)cc3C)cs2)cc1. The van der Waals surface area contributed by atoms with E-state index in [-0.39, 0.29) is 18.4 Å². The summed E-state index contributed by atoms with van der Waals surface area (Å²) in [6.45, 7) is 5.88. The number of nitrogens with zero attached hydrogens (tertiary/aromatic N) is 2. The third-order valence-electron chi connectivity index (χ3n) is 4.73. The molecule has 0 saturated carbocycles. The maximum Gasteiger partial charge on any atom is 0.273 e. The number of methoxy groups -OCH3 is 1. The van der Waals surface area contributed by atoms with Gasteiger partial charge in [0.05, 0.1) is 13.7 Å². The molecule has 3 aromatic rings. The number of likely N-dealkylation sites (N-methyl/N-ethyl adjacent to an activating group) is 1. The van der Waals surface area contributed by atoms with Gasteiger partial charge < -0.3 is 15.0 Å². The Morgan fingerprint density at radius 3 is 2.33 bits per heavy atom. The van der Waals surface area contributed by atoms with Crippen molar-refractivity contribution in [3.05, 3.63) is 64.2 Å². The third kappa shape index (κ3) is 4.86. The molecule has 30 heavy (non-hydrogen) atoms. The molecular formula is C23H25N3O3S. The van der Waals surface area contributed by atoms with E-state index in [4.69, 9.17) is 4.74 Å². The van der Waals surface area contributed by atoms with Crippen LogP contribution >= 0.6 is 11.3 Å². The highest BCUT2D eigenvalue weighted by Crippen LogP contribution is 2.26. The van der Waals surface area contributed by atoms with Crippen LogP contribution in [0.3, 0.4) is 0 Å². The van der Waals surface area contributed by atoms with Crippen LogP contribution in [0, 0.1) is 20.8 Å². The van der Waals surface area contributed by atoms with Crippen molar-refractivity contribution in [1.29, 1.82) is 0 Å². The number of hydrogen-bond donors (Lipinski definition) is 1. The molecule has 0 saturated heterocycles. The summed E-state index contributed by atoms with van der Waals surface area (Å²) < 4.78 is 5.16. The summed E-state index contributed by atoms with van der Waals surface area (Å²) in [6.07, 6.45) is 0. The van der Waals surface area contributed by atoms with Crippen LogP contribution in [0.4, 0.5) is 5.69 Å². The molecule has 1 heterocycles. The molecule has 0 aliphatic rings. The molecular weight excluding hydrogens is 398 g/mol. The molecule has 1 N–H and O–H groups in total. The summed E-state index contributed by atoms with van der Waals surface area (Å²) in [6, 6.07) is 11.5. The average molecular weight is 424 g/mol. The van der Waals surface area contributed by atoms with E-state index >= 15 is 0 Å². The number of carbonyl (C=O) groups excluding carboxylic acids is 2. The van der Waals surface area contributed by atoms with Gasteiger partial charge in [0.25, 0.3) is 5.91 Å². The zero-order valence-electron chi connectivity index (χ0n) is 17.8. The van der Waals surface area contributed by atoms with Gasteiger partial charge in [-0.15, -0.1) is 11.3 Å². The number of nitrogens with one attached hydrogen (secondary N) is 1. The zero-order chi connectivity index (χ0) is 21.8. The number of thiazole rings is 1. The van der Waals surface area contributed by atoms with E-state index in [0.717, 1.165) is 38.7 Å². The Morgan fingerprint density at radius 2 is 1.73 bits per heavy atom. The second kappa shape index (κ2) is 9.09. The summed E-state index contributed by atoms with van der Waals surface area (Å²) in [5.74, 6) is 0.224. The van der Waals surface area contributed by atoms with Gasteiger partial charge in [0.15, 0.2) is 0 Å². The highest BCUT2D eigenvalue weighted by Gasteiger charge is 2.19. The van der Waals surface area contributed by atoms with E-state index in [0.29, 0.717) is 5.69 Å². The van der Waals surface area contributed by atoms with Gasteiger partial charge in [-0.05, 0) is 56.2 Å². The van der Waals surface area contributed by atoms with E-state index in [2.05, 4.69) is 10.3 Å². The lowest BCUT2D eigenvalue weighted by Crippen LogP contribution is -2.35. The minimum absolute atomic E-state index is 0.0546.